The van der Waals surface area contributed by atoms with Crippen LogP contribution in [0.3, 0.4) is 0 Å². The van der Waals surface area contributed by atoms with Gasteiger partial charge in [0.2, 0.25) is 23.3 Å². The maximum absolute atomic E-state index is 13.3. The number of benzene rings is 1. The SMILES string of the molecule is CP(CO)NC(=O)CCCC(=O)Oc1c(F)c(F)cc(F)c1F. The molecule has 0 saturated carbocycles. The van der Waals surface area contributed by atoms with Crippen LogP contribution in [0.15, 0.2) is 6.07 Å². The van der Waals surface area contributed by atoms with Crippen LogP contribution in [0.1, 0.15) is 19.3 Å². The Labute approximate surface area is 130 Å². The van der Waals surface area contributed by atoms with Crippen LogP contribution >= 0.6 is 8.07 Å². The number of aliphatic hydroxyl groups is 1. The minimum Gasteiger partial charge on any atom is -0.420 e. The number of hydrogen-bond acceptors (Lipinski definition) is 4. The molecule has 0 heterocycles. The molecule has 0 aliphatic rings. The van der Waals surface area contributed by atoms with Gasteiger partial charge >= 0.3 is 5.97 Å². The monoisotopic (exact) mass is 355 g/mol. The molecular formula is C13H14F4NO4P. The summed E-state index contributed by atoms with van der Waals surface area (Å²) < 4.78 is 56.7. The fraction of sp³-hybridized carbons (Fsp3) is 0.385. The lowest BCUT2D eigenvalue weighted by Crippen LogP contribution is -2.19. The van der Waals surface area contributed by atoms with Gasteiger partial charge in [-0.25, -0.2) is 8.78 Å². The number of rotatable bonds is 7. The van der Waals surface area contributed by atoms with Crippen LogP contribution in [0.4, 0.5) is 17.6 Å². The molecule has 1 atom stereocenters. The van der Waals surface area contributed by atoms with Gasteiger partial charge in [-0.15, -0.1) is 0 Å². The normalized spacial score (nSPS) is 11.9. The lowest BCUT2D eigenvalue weighted by molar-refractivity contribution is -0.135. The summed E-state index contributed by atoms with van der Waals surface area (Å²) >= 11 is 0. The van der Waals surface area contributed by atoms with Gasteiger partial charge in [-0.2, -0.15) is 8.78 Å². The molecule has 1 aromatic rings. The minimum atomic E-state index is -1.81. The molecule has 23 heavy (non-hydrogen) atoms. The van der Waals surface area contributed by atoms with Crippen LogP contribution in [-0.2, 0) is 9.59 Å². The standard InChI is InChI=1S/C13H14F4NO4P/c1-23(6-19)18-9(20)3-2-4-10(21)22-13-11(16)7(14)5-8(15)12(13)17/h5,19H,2-4,6H2,1H3,(H,18,20). The van der Waals surface area contributed by atoms with Gasteiger partial charge in [-0.1, -0.05) is 0 Å². The Hall–Kier alpha value is -1.73. The molecule has 5 nitrogen and oxygen atoms in total. The van der Waals surface area contributed by atoms with Crippen LogP contribution in [-0.4, -0.2) is 30.0 Å². The van der Waals surface area contributed by atoms with E-state index in [2.05, 4.69) is 9.82 Å². The molecule has 1 amide bonds. The molecule has 1 unspecified atom stereocenters. The third kappa shape index (κ3) is 5.76. The number of carbonyl (C=O) groups excluding carboxylic acids is 2. The second-order valence-corrected chi connectivity index (χ2v) is 6.40. The predicted molar refractivity (Wildman–Crippen MR) is 73.8 cm³/mol. The molecule has 0 saturated heterocycles. The van der Waals surface area contributed by atoms with Crippen LogP contribution in [0, 0.1) is 23.3 Å². The van der Waals surface area contributed by atoms with E-state index in [1.54, 1.807) is 6.66 Å². The average Bonchev–Trinajstić information content (AvgIpc) is 2.49. The van der Waals surface area contributed by atoms with Crippen LogP contribution < -0.4 is 9.82 Å². The fourth-order valence-corrected chi connectivity index (χ4v) is 2.11. The first kappa shape index (κ1) is 19.3. The molecule has 0 bridgehead atoms. The summed E-state index contributed by atoms with van der Waals surface area (Å²) in [5.74, 6) is -9.99. The Morgan fingerprint density at radius 2 is 1.74 bits per heavy atom. The molecule has 2 N–H and O–H groups in total. The van der Waals surface area contributed by atoms with Gasteiger partial charge in [0.05, 0.1) is 6.35 Å². The maximum Gasteiger partial charge on any atom is 0.311 e. The van der Waals surface area contributed by atoms with E-state index in [0.29, 0.717) is 0 Å². The molecule has 0 fully saturated rings. The van der Waals surface area contributed by atoms with Crippen LogP contribution in [0.2, 0.25) is 0 Å². The smallest absolute Gasteiger partial charge is 0.311 e. The number of amides is 1. The van der Waals surface area contributed by atoms with Gasteiger partial charge in [-0.3, -0.25) is 9.59 Å². The van der Waals surface area contributed by atoms with Crippen molar-refractivity contribution in [2.45, 2.75) is 19.3 Å². The first-order valence-electron chi connectivity index (χ1n) is 6.41. The predicted octanol–water partition coefficient (Wildman–Crippen LogP) is 2.41. The van der Waals surface area contributed by atoms with Crippen molar-refractivity contribution in [3.05, 3.63) is 29.3 Å². The zero-order chi connectivity index (χ0) is 17.6. The molecule has 0 aromatic heterocycles. The molecule has 1 rings (SSSR count). The summed E-state index contributed by atoms with van der Waals surface area (Å²) in [4.78, 5) is 22.8. The molecule has 1 aromatic carbocycles. The van der Waals surface area contributed by atoms with Gasteiger partial charge in [0.25, 0.3) is 0 Å². The van der Waals surface area contributed by atoms with E-state index in [1.165, 1.54) is 0 Å². The quantitative estimate of drug-likeness (QED) is 0.259. The second kappa shape index (κ2) is 8.79. The van der Waals surface area contributed by atoms with Crippen molar-refractivity contribution >= 4 is 19.9 Å². The number of nitrogens with one attached hydrogen (secondary N) is 1. The first-order valence-corrected chi connectivity index (χ1v) is 8.38. The third-order valence-corrected chi connectivity index (χ3v) is 3.66. The van der Waals surface area contributed by atoms with Crippen molar-refractivity contribution in [2.24, 2.45) is 0 Å². The van der Waals surface area contributed by atoms with Crippen LogP contribution in [0.25, 0.3) is 0 Å². The van der Waals surface area contributed by atoms with Crippen molar-refractivity contribution in [3.8, 4) is 5.75 Å². The van der Waals surface area contributed by atoms with E-state index in [1.807, 2.05) is 0 Å². The van der Waals surface area contributed by atoms with E-state index < -0.39 is 49.0 Å². The maximum atomic E-state index is 13.3. The largest absolute Gasteiger partial charge is 0.420 e. The van der Waals surface area contributed by atoms with E-state index >= 15 is 0 Å². The number of halogens is 4. The van der Waals surface area contributed by atoms with Crippen molar-refractivity contribution in [1.29, 1.82) is 0 Å². The zero-order valence-electron chi connectivity index (χ0n) is 12.0. The van der Waals surface area contributed by atoms with Crippen molar-refractivity contribution in [2.75, 3.05) is 13.0 Å². The molecule has 0 aliphatic carbocycles. The fourth-order valence-electron chi connectivity index (χ4n) is 1.50. The Bertz CT molecular complexity index is 574. The average molecular weight is 355 g/mol. The minimum absolute atomic E-state index is 0.000302. The topological polar surface area (TPSA) is 75.6 Å². The lowest BCUT2D eigenvalue weighted by Gasteiger charge is -2.10. The summed E-state index contributed by atoms with van der Waals surface area (Å²) in [7, 11) is -1.05. The highest BCUT2D eigenvalue weighted by Gasteiger charge is 2.23. The highest BCUT2D eigenvalue weighted by molar-refractivity contribution is 7.55. The van der Waals surface area contributed by atoms with Crippen molar-refractivity contribution in [1.82, 2.24) is 5.09 Å². The second-order valence-electron chi connectivity index (χ2n) is 4.50. The van der Waals surface area contributed by atoms with E-state index in [4.69, 9.17) is 5.11 Å². The molecule has 0 aliphatic heterocycles. The number of carbonyl (C=O) groups is 2. The van der Waals surface area contributed by atoms with Crippen molar-refractivity contribution in [3.63, 3.8) is 0 Å². The van der Waals surface area contributed by atoms with Gasteiger partial charge in [-0.05, 0) is 13.1 Å². The van der Waals surface area contributed by atoms with E-state index in [9.17, 15) is 27.2 Å². The van der Waals surface area contributed by atoms with E-state index in [-0.39, 0.29) is 31.7 Å². The zero-order valence-corrected chi connectivity index (χ0v) is 12.9. The summed E-state index contributed by atoms with van der Waals surface area (Å²) in [5, 5.41) is 11.3. The van der Waals surface area contributed by atoms with Crippen molar-refractivity contribution < 1.29 is 37.0 Å². The van der Waals surface area contributed by atoms with Gasteiger partial charge in [0.1, 0.15) is 0 Å². The van der Waals surface area contributed by atoms with Gasteiger partial charge in [0.15, 0.2) is 11.6 Å². The van der Waals surface area contributed by atoms with E-state index in [0.717, 1.165) is 0 Å². The van der Waals surface area contributed by atoms with Crippen LogP contribution in [0.5, 0.6) is 5.75 Å². The number of ether oxygens (including phenoxy) is 1. The molecular weight excluding hydrogens is 341 g/mol. The Morgan fingerprint density at radius 3 is 2.26 bits per heavy atom. The molecule has 0 spiro atoms. The summed E-state index contributed by atoms with van der Waals surface area (Å²) in [6.07, 6.45) is -0.650. The Kier molecular flexibility index (Phi) is 7.38. The van der Waals surface area contributed by atoms with Gasteiger partial charge in [0, 0.05) is 27.0 Å². The first-order chi connectivity index (χ1) is 10.8. The highest BCUT2D eigenvalue weighted by atomic mass is 31.1. The Balaban J connectivity index is 2.54. The molecule has 0 radical (unpaired) electrons. The summed E-state index contributed by atoms with van der Waals surface area (Å²) in [6, 6.07) is -0.00349. The molecule has 128 valence electrons. The molecule has 10 heteroatoms. The number of hydrogen-bond donors (Lipinski definition) is 2. The highest BCUT2D eigenvalue weighted by Crippen LogP contribution is 2.27. The number of esters is 1. The summed E-state index contributed by atoms with van der Waals surface area (Å²) in [5.41, 5.74) is 0. The summed E-state index contributed by atoms with van der Waals surface area (Å²) in [6.45, 7) is 1.63. The third-order valence-electron chi connectivity index (χ3n) is 2.60. The lowest BCUT2D eigenvalue weighted by atomic mass is 10.2. The number of aliphatic hydroxyl groups excluding tert-OH is 1. The van der Waals surface area contributed by atoms with Gasteiger partial charge < -0.3 is 14.9 Å². The Morgan fingerprint density at radius 1 is 1.17 bits per heavy atom.